The number of ether oxygens (including phenoxy) is 1. The number of benzene rings is 1. The van der Waals surface area contributed by atoms with Crippen LogP contribution in [0.5, 0.6) is 5.75 Å². The molecule has 0 amide bonds. The molecular weight excluding hydrogens is 342 g/mol. The summed E-state index contributed by atoms with van der Waals surface area (Å²) in [4.78, 5) is 3.97. The molecule has 0 saturated carbocycles. The fraction of sp³-hybridized carbons (Fsp3) is 0.267. The number of hydrogen-bond acceptors (Lipinski definition) is 3. The van der Waals surface area contributed by atoms with Crippen LogP contribution in [-0.2, 0) is 13.2 Å². The van der Waals surface area contributed by atoms with Gasteiger partial charge in [0.2, 0.25) is 0 Å². The summed E-state index contributed by atoms with van der Waals surface area (Å²) in [5.41, 5.74) is 1.27. The maximum atomic E-state index is 13.9. The van der Waals surface area contributed by atoms with Crippen molar-refractivity contribution in [3.05, 3.63) is 57.8 Å². The Balaban J connectivity index is 2.09. The van der Waals surface area contributed by atoms with Gasteiger partial charge in [-0.1, -0.05) is 6.92 Å². The van der Waals surface area contributed by atoms with E-state index in [-0.39, 0.29) is 12.4 Å². The fourth-order valence-electron chi connectivity index (χ4n) is 1.81. The van der Waals surface area contributed by atoms with E-state index in [1.54, 1.807) is 18.5 Å². The van der Waals surface area contributed by atoms with Gasteiger partial charge in [-0.25, -0.2) is 8.78 Å². The Kier molecular flexibility index (Phi) is 5.64. The van der Waals surface area contributed by atoms with Gasteiger partial charge in [-0.2, -0.15) is 0 Å². The summed E-state index contributed by atoms with van der Waals surface area (Å²) >= 11 is 3.28. The van der Waals surface area contributed by atoms with E-state index in [9.17, 15) is 8.78 Å². The predicted molar refractivity (Wildman–Crippen MR) is 80.0 cm³/mol. The molecule has 0 radical (unpaired) electrons. The highest BCUT2D eigenvalue weighted by Crippen LogP contribution is 2.24. The highest BCUT2D eigenvalue weighted by atomic mass is 79.9. The second kappa shape index (κ2) is 7.47. The van der Waals surface area contributed by atoms with Crippen molar-refractivity contribution < 1.29 is 13.5 Å². The summed E-state index contributed by atoms with van der Waals surface area (Å²) in [5, 5.41) is 3.01. The number of nitrogens with zero attached hydrogens (tertiary/aromatic N) is 1. The van der Waals surface area contributed by atoms with Gasteiger partial charge in [0.15, 0.2) is 17.4 Å². The monoisotopic (exact) mass is 356 g/mol. The Morgan fingerprint density at radius 1 is 1.14 bits per heavy atom. The van der Waals surface area contributed by atoms with Crippen LogP contribution in [0.3, 0.4) is 0 Å². The van der Waals surface area contributed by atoms with Crippen LogP contribution in [0, 0.1) is 11.6 Å². The lowest BCUT2D eigenvalue weighted by Crippen LogP contribution is -2.12. The van der Waals surface area contributed by atoms with E-state index < -0.39 is 11.6 Å². The van der Waals surface area contributed by atoms with E-state index >= 15 is 0 Å². The molecule has 1 N–H and O–H groups in total. The van der Waals surface area contributed by atoms with Crippen LogP contribution in [0.15, 0.2) is 35.1 Å². The molecule has 1 heterocycles. The topological polar surface area (TPSA) is 34.1 Å². The van der Waals surface area contributed by atoms with E-state index in [0.717, 1.165) is 16.6 Å². The Morgan fingerprint density at radius 3 is 2.48 bits per heavy atom. The van der Waals surface area contributed by atoms with Crippen molar-refractivity contribution in [3.63, 3.8) is 0 Å². The molecule has 0 fully saturated rings. The van der Waals surface area contributed by atoms with Gasteiger partial charge in [0.1, 0.15) is 6.61 Å². The van der Waals surface area contributed by atoms with Crippen molar-refractivity contribution in [3.8, 4) is 5.75 Å². The third kappa shape index (κ3) is 4.47. The quantitative estimate of drug-likeness (QED) is 0.854. The van der Waals surface area contributed by atoms with Crippen LogP contribution in [0.4, 0.5) is 8.78 Å². The van der Waals surface area contributed by atoms with Crippen molar-refractivity contribution in [1.82, 2.24) is 10.3 Å². The van der Waals surface area contributed by atoms with Crippen molar-refractivity contribution in [2.75, 3.05) is 6.54 Å². The average molecular weight is 357 g/mol. The molecule has 0 aliphatic heterocycles. The van der Waals surface area contributed by atoms with Crippen LogP contribution in [0.25, 0.3) is 0 Å². The van der Waals surface area contributed by atoms with Crippen LogP contribution in [0.2, 0.25) is 0 Å². The lowest BCUT2D eigenvalue weighted by atomic mass is 10.2. The smallest absolute Gasteiger partial charge is 0.191 e. The zero-order valence-electron chi connectivity index (χ0n) is 11.5. The summed E-state index contributed by atoms with van der Waals surface area (Å²) < 4.78 is 33.8. The number of nitrogens with one attached hydrogen (secondary N) is 1. The summed E-state index contributed by atoms with van der Waals surface area (Å²) in [6.45, 7) is 3.13. The highest BCUT2D eigenvalue weighted by Gasteiger charge is 2.13. The average Bonchev–Trinajstić information content (AvgIpc) is 2.44. The molecule has 1 aromatic carbocycles. The van der Waals surface area contributed by atoms with E-state index in [1.807, 2.05) is 6.92 Å². The first-order chi connectivity index (χ1) is 10.1. The fourth-order valence-corrected chi connectivity index (χ4v) is 2.22. The van der Waals surface area contributed by atoms with Crippen molar-refractivity contribution >= 4 is 15.9 Å². The first kappa shape index (κ1) is 15.9. The molecule has 0 atom stereocenters. The second-order valence-electron chi connectivity index (χ2n) is 4.47. The summed E-state index contributed by atoms with van der Waals surface area (Å²) in [6.07, 6.45) is 3.21. The summed E-state index contributed by atoms with van der Waals surface area (Å²) in [7, 11) is 0. The van der Waals surface area contributed by atoms with Crippen LogP contribution in [0.1, 0.15) is 18.1 Å². The van der Waals surface area contributed by atoms with Gasteiger partial charge >= 0.3 is 0 Å². The molecule has 2 rings (SSSR count). The van der Waals surface area contributed by atoms with Crippen molar-refractivity contribution in [1.29, 1.82) is 0 Å². The molecule has 0 saturated heterocycles. The van der Waals surface area contributed by atoms with E-state index in [4.69, 9.17) is 4.74 Å². The molecule has 2 aromatic rings. The number of aromatic nitrogens is 1. The molecule has 0 aliphatic rings. The molecule has 6 heteroatoms. The zero-order valence-corrected chi connectivity index (χ0v) is 13.1. The minimum absolute atomic E-state index is 0.0484. The van der Waals surface area contributed by atoms with Gasteiger partial charge in [-0.15, -0.1) is 0 Å². The first-order valence-corrected chi connectivity index (χ1v) is 7.30. The standard InChI is InChI=1S/C15H15BrF2N2O/c1-2-19-6-10-4-13(17)15(14(18)5-10)21-9-11-3-12(16)8-20-7-11/h3-5,7-8,19H,2,6,9H2,1H3. The Labute approximate surface area is 130 Å². The van der Waals surface area contributed by atoms with Gasteiger partial charge in [0, 0.05) is 29.0 Å². The van der Waals surface area contributed by atoms with E-state index in [2.05, 4.69) is 26.2 Å². The van der Waals surface area contributed by atoms with E-state index in [1.165, 1.54) is 12.1 Å². The van der Waals surface area contributed by atoms with Crippen LogP contribution < -0.4 is 10.1 Å². The first-order valence-electron chi connectivity index (χ1n) is 6.51. The molecule has 0 aliphatic carbocycles. The number of halogens is 3. The molecular formula is C15H15BrF2N2O. The maximum absolute atomic E-state index is 13.9. The zero-order chi connectivity index (χ0) is 15.2. The Hall–Kier alpha value is -1.53. The molecule has 3 nitrogen and oxygen atoms in total. The van der Waals surface area contributed by atoms with Gasteiger partial charge in [-0.05, 0) is 46.2 Å². The third-order valence-corrected chi connectivity index (χ3v) is 3.22. The second-order valence-corrected chi connectivity index (χ2v) is 5.38. The lowest BCUT2D eigenvalue weighted by molar-refractivity contribution is 0.273. The van der Waals surface area contributed by atoms with Crippen LogP contribution in [-0.4, -0.2) is 11.5 Å². The number of rotatable bonds is 6. The molecule has 21 heavy (non-hydrogen) atoms. The molecule has 1 aromatic heterocycles. The molecule has 0 bridgehead atoms. The minimum Gasteiger partial charge on any atom is -0.483 e. The van der Waals surface area contributed by atoms with Gasteiger partial charge in [0.25, 0.3) is 0 Å². The Bertz CT molecular complexity index is 599. The molecule has 0 spiro atoms. The van der Waals surface area contributed by atoms with Gasteiger partial charge in [-0.3, -0.25) is 4.98 Å². The lowest BCUT2D eigenvalue weighted by Gasteiger charge is -2.10. The number of pyridine rings is 1. The van der Waals surface area contributed by atoms with E-state index in [0.29, 0.717) is 12.1 Å². The van der Waals surface area contributed by atoms with Crippen molar-refractivity contribution in [2.45, 2.75) is 20.1 Å². The summed E-state index contributed by atoms with van der Waals surface area (Å²) in [6, 6.07) is 4.34. The van der Waals surface area contributed by atoms with Gasteiger partial charge < -0.3 is 10.1 Å². The molecule has 112 valence electrons. The number of hydrogen-bond donors (Lipinski definition) is 1. The van der Waals surface area contributed by atoms with Crippen molar-refractivity contribution in [2.24, 2.45) is 0 Å². The summed E-state index contributed by atoms with van der Waals surface area (Å²) in [5.74, 6) is -1.77. The molecule has 0 unspecified atom stereocenters. The van der Waals surface area contributed by atoms with Crippen LogP contribution >= 0.6 is 15.9 Å². The SMILES string of the molecule is CCNCc1cc(F)c(OCc2cncc(Br)c2)c(F)c1. The Morgan fingerprint density at radius 2 is 1.86 bits per heavy atom. The third-order valence-electron chi connectivity index (χ3n) is 2.78. The maximum Gasteiger partial charge on any atom is 0.191 e. The largest absolute Gasteiger partial charge is 0.483 e. The predicted octanol–water partition coefficient (Wildman–Crippen LogP) is 3.81. The normalized spacial score (nSPS) is 10.7. The van der Waals surface area contributed by atoms with Gasteiger partial charge in [0.05, 0.1) is 0 Å². The highest BCUT2D eigenvalue weighted by molar-refractivity contribution is 9.10. The minimum atomic E-state index is -0.703.